The number of imide groups is 1. The van der Waals surface area contributed by atoms with Crippen LogP contribution in [0, 0.1) is 11.3 Å². The molecule has 0 spiro atoms. The van der Waals surface area contributed by atoms with Gasteiger partial charge in [-0.25, -0.2) is 0 Å². The highest BCUT2D eigenvalue weighted by Gasteiger charge is 2.44. The average molecular weight is 252 g/mol. The van der Waals surface area contributed by atoms with Crippen LogP contribution in [0.2, 0.25) is 0 Å². The second kappa shape index (κ2) is 4.37. The van der Waals surface area contributed by atoms with Gasteiger partial charge >= 0.3 is 0 Å². The van der Waals surface area contributed by atoms with Crippen LogP contribution in [0.1, 0.15) is 40.0 Å². The van der Waals surface area contributed by atoms with Gasteiger partial charge in [0.15, 0.2) is 0 Å². The van der Waals surface area contributed by atoms with Gasteiger partial charge in [0.2, 0.25) is 17.7 Å². The molecule has 1 heterocycles. The largest absolute Gasteiger partial charge is 0.321 e. The van der Waals surface area contributed by atoms with Crippen molar-refractivity contribution in [3.8, 4) is 0 Å². The highest BCUT2D eigenvalue weighted by Crippen LogP contribution is 2.43. The molecule has 2 fully saturated rings. The maximum Gasteiger partial charge on any atom is 0.249 e. The lowest BCUT2D eigenvalue weighted by Crippen LogP contribution is -2.60. The molecule has 1 saturated heterocycles. The molecule has 18 heavy (non-hydrogen) atoms. The summed E-state index contributed by atoms with van der Waals surface area (Å²) in [4.78, 5) is 36.9. The normalized spacial score (nSPS) is 31.4. The lowest BCUT2D eigenvalue weighted by Gasteiger charge is -2.36. The predicted molar refractivity (Wildman–Crippen MR) is 65.4 cm³/mol. The fraction of sp³-hybridized carbons (Fsp3) is 0.769. The van der Waals surface area contributed by atoms with E-state index in [1.165, 1.54) is 4.90 Å². The molecule has 0 aromatic rings. The number of nitrogens with zero attached hydrogens (tertiary/aromatic N) is 1. The molecule has 5 nitrogen and oxygen atoms in total. The van der Waals surface area contributed by atoms with Gasteiger partial charge in [0, 0.05) is 5.92 Å². The quantitative estimate of drug-likeness (QED) is 0.698. The molecule has 0 bridgehead atoms. The number of amides is 3. The Morgan fingerprint density at radius 1 is 1.39 bits per heavy atom. The summed E-state index contributed by atoms with van der Waals surface area (Å²) in [5.41, 5.74) is -0.0340. The number of carbonyl (C=O) groups is 3. The van der Waals surface area contributed by atoms with Crippen LogP contribution in [-0.2, 0) is 14.4 Å². The number of nitrogens with one attached hydrogen (secondary N) is 1. The maximum atomic E-state index is 12.5. The second-order valence-electron chi connectivity index (χ2n) is 5.99. The number of piperazine rings is 1. The summed E-state index contributed by atoms with van der Waals surface area (Å²) in [5.74, 6) is -0.885. The Morgan fingerprint density at radius 2 is 2.06 bits per heavy atom. The molecule has 2 unspecified atom stereocenters. The standard InChI is InChI=1S/C13H20N2O3/c1-8-11(17)14-10(16)7-15(8)12(18)9-5-4-6-13(9,2)3/h8-9H,4-7H2,1-3H3,(H,14,16,17). The molecule has 0 radical (unpaired) electrons. The summed E-state index contributed by atoms with van der Waals surface area (Å²) in [6.45, 7) is 5.83. The summed E-state index contributed by atoms with van der Waals surface area (Å²) >= 11 is 0. The zero-order valence-corrected chi connectivity index (χ0v) is 11.2. The van der Waals surface area contributed by atoms with Crippen molar-refractivity contribution in [2.24, 2.45) is 11.3 Å². The van der Waals surface area contributed by atoms with E-state index in [4.69, 9.17) is 0 Å². The zero-order valence-electron chi connectivity index (χ0n) is 11.2. The van der Waals surface area contributed by atoms with Gasteiger partial charge < -0.3 is 4.90 Å². The van der Waals surface area contributed by atoms with Crippen molar-refractivity contribution >= 4 is 17.7 Å². The number of rotatable bonds is 1. The molecule has 3 amide bonds. The molecule has 0 aromatic carbocycles. The van der Waals surface area contributed by atoms with Gasteiger partial charge in [-0.3, -0.25) is 19.7 Å². The third-order valence-corrected chi connectivity index (χ3v) is 4.26. The summed E-state index contributed by atoms with van der Waals surface area (Å²) in [5, 5.41) is 2.25. The van der Waals surface area contributed by atoms with Gasteiger partial charge in [0.1, 0.15) is 12.6 Å². The fourth-order valence-corrected chi connectivity index (χ4v) is 2.97. The molecular formula is C13H20N2O3. The highest BCUT2D eigenvalue weighted by molar-refractivity contribution is 6.04. The van der Waals surface area contributed by atoms with E-state index < -0.39 is 6.04 Å². The van der Waals surface area contributed by atoms with E-state index in [2.05, 4.69) is 19.2 Å². The first-order valence-corrected chi connectivity index (χ1v) is 6.47. The Kier molecular flexibility index (Phi) is 3.17. The van der Waals surface area contributed by atoms with E-state index in [1.807, 2.05) is 0 Å². The van der Waals surface area contributed by atoms with Crippen molar-refractivity contribution in [2.45, 2.75) is 46.1 Å². The van der Waals surface area contributed by atoms with Crippen molar-refractivity contribution in [3.63, 3.8) is 0 Å². The van der Waals surface area contributed by atoms with Gasteiger partial charge in [-0.2, -0.15) is 0 Å². The monoisotopic (exact) mass is 252 g/mol. The Hall–Kier alpha value is -1.39. The van der Waals surface area contributed by atoms with Gasteiger partial charge in [-0.15, -0.1) is 0 Å². The Labute approximate surface area is 107 Å². The molecular weight excluding hydrogens is 232 g/mol. The predicted octanol–water partition coefficient (Wildman–Crippen LogP) is 0.686. The van der Waals surface area contributed by atoms with Crippen LogP contribution in [0.5, 0.6) is 0 Å². The molecule has 2 rings (SSSR count). The zero-order chi connectivity index (χ0) is 13.5. The molecule has 2 aliphatic rings. The van der Waals surface area contributed by atoms with Crippen LogP contribution in [0.4, 0.5) is 0 Å². The molecule has 100 valence electrons. The summed E-state index contributed by atoms with van der Waals surface area (Å²) in [6.07, 6.45) is 2.91. The summed E-state index contributed by atoms with van der Waals surface area (Å²) < 4.78 is 0. The first-order valence-electron chi connectivity index (χ1n) is 6.47. The van der Waals surface area contributed by atoms with Crippen molar-refractivity contribution in [1.29, 1.82) is 0 Å². The number of hydrogen-bond acceptors (Lipinski definition) is 3. The van der Waals surface area contributed by atoms with Gasteiger partial charge in [0.05, 0.1) is 0 Å². The smallest absolute Gasteiger partial charge is 0.249 e. The Bertz CT molecular complexity index is 403. The summed E-state index contributed by atoms with van der Waals surface area (Å²) in [6, 6.07) is -0.549. The van der Waals surface area contributed by atoms with Crippen molar-refractivity contribution < 1.29 is 14.4 Å². The minimum absolute atomic E-state index is 0.00167. The molecule has 1 saturated carbocycles. The SMILES string of the molecule is CC1C(=O)NC(=O)CN1C(=O)C1CCCC1(C)C. The van der Waals surface area contributed by atoms with E-state index in [9.17, 15) is 14.4 Å². The molecule has 1 N–H and O–H groups in total. The van der Waals surface area contributed by atoms with E-state index in [0.717, 1.165) is 19.3 Å². The minimum Gasteiger partial charge on any atom is -0.321 e. The van der Waals surface area contributed by atoms with Gasteiger partial charge in [-0.1, -0.05) is 20.3 Å². The highest BCUT2D eigenvalue weighted by atomic mass is 16.2. The Balaban J connectivity index is 2.17. The van der Waals surface area contributed by atoms with Crippen LogP contribution < -0.4 is 5.32 Å². The van der Waals surface area contributed by atoms with E-state index in [-0.39, 0.29) is 35.6 Å². The average Bonchev–Trinajstić information content (AvgIpc) is 2.62. The molecule has 2 atom stereocenters. The van der Waals surface area contributed by atoms with Gasteiger partial charge in [0.25, 0.3) is 0 Å². The van der Waals surface area contributed by atoms with Crippen LogP contribution >= 0.6 is 0 Å². The molecule has 0 aromatic heterocycles. The number of carbonyl (C=O) groups excluding carboxylic acids is 3. The van der Waals surface area contributed by atoms with Crippen molar-refractivity contribution in [2.75, 3.05) is 6.54 Å². The van der Waals surface area contributed by atoms with E-state index >= 15 is 0 Å². The first-order chi connectivity index (χ1) is 8.33. The lowest BCUT2D eigenvalue weighted by atomic mass is 9.81. The Morgan fingerprint density at radius 3 is 2.61 bits per heavy atom. The molecule has 1 aliphatic heterocycles. The first kappa shape index (κ1) is 13.1. The van der Waals surface area contributed by atoms with Crippen LogP contribution in [0.3, 0.4) is 0 Å². The third kappa shape index (κ3) is 2.13. The lowest BCUT2D eigenvalue weighted by molar-refractivity contribution is -0.153. The van der Waals surface area contributed by atoms with E-state index in [1.54, 1.807) is 6.92 Å². The minimum atomic E-state index is -0.549. The van der Waals surface area contributed by atoms with Crippen molar-refractivity contribution in [1.82, 2.24) is 10.2 Å². The van der Waals surface area contributed by atoms with E-state index in [0.29, 0.717) is 0 Å². The topological polar surface area (TPSA) is 66.5 Å². The molecule has 5 heteroatoms. The van der Waals surface area contributed by atoms with Crippen LogP contribution in [0.25, 0.3) is 0 Å². The molecule has 1 aliphatic carbocycles. The van der Waals surface area contributed by atoms with Crippen LogP contribution in [0.15, 0.2) is 0 Å². The third-order valence-electron chi connectivity index (χ3n) is 4.26. The summed E-state index contributed by atoms with van der Waals surface area (Å²) in [7, 11) is 0. The van der Waals surface area contributed by atoms with Gasteiger partial charge in [-0.05, 0) is 25.2 Å². The number of hydrogen-bond donors (Lipinski definition) is 1. The second-order valence-corrected chi connectivity index (χ2v) is 5.99. The fourth-order valence-electron chi connectivity index (χ4n) is 2.97. The van der Waals surface area contributed by atoms with Crippen molar-refractivity contribution in [3.05, 3.63) is 0 Å². The van der Waals surface area contributed by atoms with Crippen LogP contribution in [-0.4, -0.2) is 35.2 Å². The maximum absolute atomic E-state index is 12.5.